The third kappa shape index (κ3) is 3.21. The Morgan fingerprint density at radius 1 is 1.16 bits per heavy atom. The average Bonchev–Trinajstić information content (AvgIpc) is 2.39. The maximum atomic E-state index is 6.11. The van der Waals surface area contributed by atoms with Gasteiger partial charge in [0.05, 0.1) is 10.6 Å². The van der Waals surface area contributed by atoms with Crippen molar-refractivity contribution in [3.05, 3.63) is 53.1 Å². The molecule has 2 rings (SSSR count). The van der Waals surface area contributed by atoms with Crippen LogP contribution in [-0.4, -0.2) is 11.2 Å². The minimum atomic E-state index is 0.224. The number of hydrogen-bond acceptors (Lipinski definition) is 3. The van der Waals surface area contributed by atoms with Crippen molar-refractivity contribution < 1.29 is 4.74 Å². The molecule has 0 atom stereocenters. The molecule has 0 aromatic heterocycles. The Hall–Kier alpha value is -1.23. The Bertz CT molecular complexity index is 616. The molecule has 5 heteroatoms. The number of para-hydroxylation sites is 1. The van der Waals surface area contributed by atoms with Crippen molar-refractivity contribution in [3.8, 4) is 11.5 Å². The number of ether oxygens (including phenoxy) is 1. The smallest absolute Gasteiger partial charge is 0.141 e. The van der Waals surface area contributed by atoms with Crippen LogP contribution in [0, 0.1) is 0 Å². The van der Waals surface area contributed by atoms with Gasteiger partial charge in [0.15, 0.2) is 0 Å². The largest absolute Gasteiger partial charge is 0.455 e. The fraction of sp³-hybridized carbons (Fsp3) is 0.0714. The minimum Gasteiger partial charge on any atom is -0.455 e. The first-order chi connectivity index (χ1) is 9.13. The lowest BCUT2D eigenvalue weighted by Gasteiger charge is -2.13. The van der Waals surface area contributed by atoms with Crippen molar-refractivity contribution in [1.29, 1.82) is 0 Å². The van der Waals surface area contributed by atoms with Crippen molar-refractivity contribution in [3.63, 3.8) is 0 Å². The van der Waals surface area contributed by atoms with E-state index in [9.17, 15) is 0 Å². The number of hydrogen-bond donors (Lipinski definition) is 1. The van der Waals surface area contributed by atoms with Gasteiger partial charge in [-0.1, -0.05) is 42.0 Å². The van der Waals surface area contributed by atoms with E-state index in [2.05, 4.69) is 0 Å². The predicted molar refractivity (Wildman–Crippen MR) is 85.6 cm³/mol. The van der Waals surface area contributed by atoms with Crippen LogP contribution in [0.3, 0.4) is 0 Å². The average molecular weight is 310 g/mol. The summed E-state index contributed by atoms with van der Waals surface area (Å²) < 4.78 is 5.90. The number of benzene rings is 2. The molecule has 0 aliphatic rings. The zero-order valence-electron chi connectivity index (χ0n) is 10.2. The SMILES string of the molecule is CSc1ccccc1Oc1cccc(Cl)c1C(N)=S. The van der Waals surface area contributed by atoms with E-state index >= 15 is 0 Å². The van der Waals surface area contributed by atoms with E-state index in [1.807, 2.05) is 30.5 Å². The Labute approximate surface area is 126 Å². The molecule has 0 saturated heterocycles. The van der Waals surface area contributed by atoms with Gasteiger partial charge in [-0.25, -0.2) is 0 Å². The lowest BCUT2D eigenvalue weighted by molar-refractivity contribution is 0.470. The number of thioether (sulfide) groups is 1. The van der Waals surface area contributed by atoms with Crippen LogP contribution in [0.5, 0.6) is 11.5 Å². The predicted octanol–water partition coefficient (Wildman–Crippen LogP) is 4.49. The van der Waals surface area contributed by atoms with Crippen molar-refractivity contribution in [1.82, 2.24) is 0 Å². The number of thiocarbonyl (C=S) groups is 1. The highest BCUT2D eigenvalue weighted by molar-refractivity contribution is 7.98. The zero-order valence-corrected chi connectivity index (χ0v) is 12.6. The van der Waals surface area contributed by atoms with Crippen LogP contribution in [0.4, 0.5) is 0 Å². The molecule has 0 unspecified atom stereocenters. The summed E-state index contributed by atoms with van der Waals surface area (Å²) >= 11 is 12.7. The summed E-state index contributed by atoms with van der Waals surface area (Å²) in [5, 5.41) is 0.492. The molecule has 0 saturated carbocycles. The Kier molecular flexibility index (Phi) is 4.69. The molecule has 0 spiro atoms. The second kappa shape index (κ2) is 6.28. The van der Waals surface area contributed by atoms with Crippen molar-refractivity contribution in [2.45, 2.75) is 4.90 Å². The van der Waals surface area contributed by atoms with Gasteiger partial charge in [-0.05, 0) is 30.5 Å². The van der Waals surface area contributed by atoms with E-state index in [1.54, 1.807) is 30.0 Å². The van der Waals surface area contributed by atoms with Gasteiger partial charge in [0.2, 0.25) is 0 Å². The second-order valence-electron chi connectivity index (χ2n) is 3.73. The summed E-state index contributed by atoms with van der Waals surface area (Å²) in [5.74, 6) is 1.33. The summed E-state index contributed by atoms with van der Waals surface area (Å²) in [5.41, 5.74) is 6.27. The van der Waals surface area contributed by atoms with Crippen LogP contribution in [0.15, 0.2) is 47.4 Å². The second-order valence-corrected chi connectivity index (χ2v) is 5.43. The zero-order chi connectivity index (χ0) is 13.8. The molecule has 0 fully saturated rings. The van der Waals surface area contributed by atoms with Gasteiger partial charge >= 0.3 is 0 Å². The van der Waals surface area contributed by atoms with Crippen molar-refractivity contribution in [2.24, 2.45) is 5.73 Å². The highest BCUT2D eigenvalue weighted by Crippen LogP contribution is 2.34. The summed E-state index contributed by atoms with van der Waals surface area (Å²) in [6, 6.07) is 13.1. The summed E-state index contributed by atoms with van der Waals surface area (Å²) in [4.78, 5) is 1.26. The van der Waals surface area contributed by atoms with E-state index < -0.39 is 0 Å². The molecule has 2 aromatic rings. The first-order valence-corrected chi connectivity index (χ1v) is 7.53. The third-order valence-corrected chi connectivity index (χ3v) is 3.81. The maximum absolute atomic E-state index is 6.11. The van der Waals surface area contributed by atoms with Crippen LogP contribution in [0.1, 0.15) is 5.56 Å². The van der Waals surface area contributed by atoms with Crippen LogP contribution in [-0.2, 0) is 0 Å². The highest BCUT2D eigenvalue weighted by atomic mass is 35.5. The number of nitrogens with two attached hydrogens (primary N) is 1. The Morgan fingerprint density at radius 3 is 2.53 bits per heavy atom. The molecule has 19 heavy (non-hydrogen) atoms. The summed E-state index contributed by atoms with van der Waals surface area (Å²) in [6.07, 6.45) is 1.99. The van der Waals surface area contributed by atoms with Crippen LogP contribution in [0.25, 0.3) is 0 Å². The molecule has 98 valence electrons. The molecule has 0 heterocycles. The van der Waals surface area contributed by atoms with Crippen molar-refractivity contribution in [2.75, 3.05) is 6.26 Å². The summed E-state index contributed by atoms with van der Waals surface area (Å²) in [6.45, 7) is 0. The fourth-order valence-electron chi connectivity index (χ4n) is 1.65. The maximum Gasteiger partial charge on any atom is 0.141 e. The van der Waals surface area contributed by atoms with Gasteiger partial charge in [0, 0.05) is 4.90 Å². The Balaban J connectivity index is 2.44. The van der Waals surface area contributed by atoms with Gasteiger partial charge in [-0.15, -0.1) is 11.8 Å². The molecule has 2 nitrogen and oxygen atoms in total. The molecule has 0 aliphatic heterocycles. The normalized spacial score (nSPS) is 10.2. The lowest BCUT2D eigenvalue weighted by Crippen LogP contribution is -2.11. The van der Waals surface area contributed by atoms with E-state index in [4.69, 9.17) is 34.3 Å². The standard InChI is InChI=1S/C14H12ClNOS2/c1-19-12-8-3-2-6-10(12)17-11-7-4-5-9(15)13(11)14(16)18/h2-8H,1H3,(H2,16,18). The van der Waals surface area contributed by atoms with Crippen LogP contribution in [0.2, 0.25) is 5.02 Å². The molecular weight excluding hydrogens is 298 g/mol. The molecular formula is C14H12ClNOS2. The quantitative estimate of drug-likeness (QED) is 0.667. The van der Waals surface area contributed by atoms with Crippen LogP contribution < -0.4 is 10.5 Å². The highest BCUT2D eigenvalue weighted by Gasteiger charge is 2.13. The molecule has 0 bridgehead atoms. The molecule has 2 aromatic carbocycles. The van der Waals surface area contributed by atoms with E-state index in [0.717, 1.165) is 10.6 Å². The molecule has 0 radical (unpaired) electrons. The molecule has 0 amide bonds. The topological polar surface area (TPSA) is 35.2 Å². The van der Waals surface area contributed by atoms with Crippen LogP contribution >= 0.6 is 35.6 Å². The van der Waals surface area contributed by atoms with Crippen molar-refractivity contribution >= 4 is 40.6 Å². The Morgan fingerprint density at radius 2 is 1.84 bits per heavy atom. The number of rotatable bonds is 4. The first-order valence-electron chi connectivity index (χ1n) is 5.52. The molecule has 0 aliphatic carbocycles. The van der Waals surface area contributed by atoms with Gasteiger partial charge in [-0.2, -0.15) is 0 Å². The van der Waals surface area contributed by atoms with Gasteiger partial charge < -0.3 is 10.5 Å². The van der Waals surface area contributed by atoms with Gasteiger partial charge in [0.25, 0.3) is 0 Å². The fourth-order valence-corrected chi connectivity index (χ4v) is 2.71. The third-order valence-electron chi connectivity index (χ3n) is 2.51. The number of halogens is 1. The lowest BCUT2D eigenvalue weighted by atomic mass is 10.2. The molecule has 2 N–H and O–H groups in total. The van der Waals surface area contributed by atoms with E-state index in [-0.39, 0.29) is 4.99 Å². The van der Waals surface area contributed by atoms with E-state index in [0.29, 0.717) is 16.3 Å². The van der Waals surface area contributed by atoms with E-state index in [1.165, 1.54) is 0 Å². The minimum absolute atomic E-state index is 0.224. The monoisotopic (exact) mass is 309 g/mol. The van der Waals surface area contributed by atoms with Gasteiger partial charge in [-0.3, -0.25) is 0 Å². The van der Waals surface area contributed by atoms with Gasteiger partial charge in [0.1, 0.15) is 16.5 Å². The first kappa shape index (κ1) is 14.2. The summed E-state index contributed by atoms with van der Waals surface area (Å²) in [7, 11) is 0.